The fourth-order valence-corrected chi connectivity index (χ4v) is 4.46. The molecule has 1 amide bonds. The molecule has 3 N–H and O–H groups in total. The van der Waals surface area contributed by atoms with Crippen molar-refractivity contribution in [1.29, 1.82) is 0 Å². The van der Waals surface area contributed by atoms with Crippen LogP contribution < -0.4 is 15.5 Å². The van der Waals surface area contributed by atoms with E-state index in [1.807, 2.05) is 42.3 Å². The fraction of sp³-hybridized carbons (Fsp3) is 0.200. The van der Waals surface area contributed by atoms with E-state index in [4.69, 9.17) is 0 Å². The lowest BCUT2D eigenvalue weighted by molar-refractivity contribution is 0.102. The van der Waals surface area contributed by atoms with Gasteiger partial charge in [0.1, 0.15) is 11.5 Å². The number of fused-ring (bicyclic) bond motifs is 2. The number of carbonyl (C=O) groups is 1. The maximum atomic E-state index is 13.0. The second-order valence-electron chi connectivity index (χ2n) is 8.49. The number of pyridine rings is 2. The maximum Gasteiger partial charge on any atom is 0.255 e. The van der Waals surface area contributed by atoms with Crippen molar-refractivity contribution in [3.8, 4) is 11.1 Å². The highest BCUT2D eigenvalue weighted by atomic mass is 16.1. The average Bonchev–Trinajstić information content (AvgIpc) is 3.46. The van der Waals surface area contributed by atoms with E-state index in [9.17, 15) is 4.79 Å². The highest BCUT2D eigenvalue weighted by Gasteiger charge is 2.15. The first-order chi connectivity index (χ1) is 16.6. The van der Waals surface area contributed by atoms with Gasteiger partial charge in [0.05, 0.1) is 17.4 Å². The van der Waals surface area contributed by atoms with Gasteiger partial charge in [0.15, 0.2) is 0 Å². The zero-order valence-electron chi connectivity index (χ0n) is 18.7. The minimum Gasteiger partial charge on any atom is -0.354 e. The van der Waals surface area contributed by atoms with Gasteiger partial charge in [-0.1, -0.05) is 6.07 Å². The smallest absolute Gasteiger partial charge is 0.255 e. The molecule has 34 heavy (non-hydrogen) atoms. The summed E-state index contributed by atoms with van der Waals surface area (Å²) in [6, 6.07) is 11.7. The number of aromatic amines is 1. The van der Waals surface area contributed by atoms with Crippen molar-refractivity contribution in [2.45, 2.75) is 0 Å². The summed E-state index contributed by atoms with van der Waals surface area (Å²) >= 11 is 0. The predicted molar refractivity (Wildman–Crippen MR) is 133 cm³/mol. The number of benzene rings is 1. The predicted octanol–water partition coefficient (Wildman–Crippen LogP) is 3.17. The summed E-state index contributed by atoms with van der Waals surface area (Å²) < 4.78 is 1.81. The summed E-state index contributed by atoms with van der Waals surface area (Å²) in [6.45, 7) is 3.58. The van der Waals surface area contributed by atoms with Crippen LogP contribution in [0.15, 0.2) is 61.2 Å². The highest BCUT2D eigenvalue weighted by molar-refractivity contribution is 6.06. The number of aryl methyl sites for hydroxylation is 1. The molecule has 0 bridgehead atoms. The number of rotatable bonds is 4. The lowest BCUT2D eigenvalue weighted by Gasteiger charge is -2.28. The molecule has 6 rings (SSSR count). The van der Waals surface area contributed by atoms with E-state index in [-0.39, 0.29) is 5.91 Å². The summed E-state index contributed by atoms with van der Waals surface area (Å²) in [6.07, 6.45) is 7.31. The molecule has 1 aromatic carbocycles. The first-order valence-electron chi connectivity index (χ1n) is 11.3. The van der Waals surface area contributed by atoms with E-state index in [1.54, 1.807) is 18.5 Å². The van der Waals surface area contributed by atoms with Crippen molar-refractivity contribution in [2.24, 2.45) is 7.05 Å². The van der Waals surface area contributed by atoms with Crippen LogP contribution in [-0.2, 0) is 7.05 Å². The molecular formula is C25H24N8O. The largest absolute Gasteiger partial charge is 0.354 e. The molecule has 1 aliphatic heterocycles. The van der Waals surface area contributed by atoms with Crippen molar-refractivity contribution in [1.82, 2.24) is 30.0 Å². The number of nitrogens with one attached hydrogen (secondary N) is 3. The summed E-state index contributed by atoms with van der Waals surface area (Å²) in [5.41, 5.74) is 5.02. The summed E-state index contributed by atoms with van der Waals surface area (Å²) in [5, 5.41) is 12.8. The summed E-state index contributed by atoms with van der Waals surface area (Å²) in [5.74, 6) is 0.634. The minimum atomic E-state index is -0.186. The van der Waals surface area contributed by atoms with Gasteiger partial charge in [-0.25, -0.2) is 9.97 Å². The number of H-pyrrole nitrogens is 1. The van der Waals surface area contributed by atoms with Crippen molar-refractivity contribution in [2.75, 3.05) is 36.4 Å². The summed E-state index contributed by atoms with van der Waals surface area (Å²) in [7, 11) is 1.92. The standard InChI is InChI=1S/C25H24N8O/c1-32-15-18-10-16(2-3-22(18)31-32)21-14-29-24-20(21)12-19(13-28-24)30-25(34)17-4-5-27-23(11-17)33-8-6-26-7-9-33/h2-5,10-15,26H,6-9H2,1H3,(H,28,29)(H,30,34). The SMILES string of the molecule is Cn1cc2cc(-c3c[nH]c4ncc(NC(=O)c5ccnc(N6CCNCC6)c5)cc34)ccc2n1. The molecule has 170 valence electrons. The molecule has 0 saturated carbocycles. The van der Waals surface area contributed by atoms with Crippen molar-refractivity contribution < 1.29 is 4.79 Å². The first-order valence-corrected chi connectivity index (χ1v) is 11.3. The van der Waals surface area contributed by atoms with Crippen LogP contribution in [0.5, 0.6) is 0 Å². The van der Waals surface area contributed by atoms with E-state index in [2.05, 4.69) is 47.7 Å². The van der Waals surface area contributed by atoms with Gasteiger partial charge in [0.2, 0.25) is 0 Å². The quantitative estimate of drug-likeness (QED) is 0.387. The van der Waals surface area contributed by atoms with Gasteiger partial charge in [-0.15, -0.1) is 0 Å². The number of amides is 1. The Morgan fingerprint density at radius 3 is 2.85 bits per heavy atom. The second-order valence-corrected chi connectivity index (χ2v) is 8.49. The second kappa shape index (κ2) is 8.27. The van der Waals surface area contributed by atoms with Gasteiger partial charge in [-0.3, -0.25) is 9.48 Å². The number of hydrogen-bond acceptors (Lipinski definition) is 6. The lowest BCUT2D eigenvalue weighted by Crippen LogP contribution is -2.43. The number of carbonyl (C=O) groups excluding carboxylic acids is 1. The Morgan fingerprint density at radius 1 is 1.09 bits per heavy atom. The third-order valence-electron chi connectivity index (χ3n) is 6.17. The van der Waals surface area contributed by atoms with Gasteiger partial charge in [0, 0.05) is 73.7 Å². The van der Waals surface area contributed by atoms with Gasteiger partial charge < -0.3 is 20.5 Å². The first kappa shape index (κ1) is 20.4. The molecule has 0 radical (unpaired) electrons. The number of aromatic nitrogens is 5. The Balaban J connectivity index is 1.28. The third-order valence-corrected chi connectivity index (χ3v) is 6.17. The van der Waals surface area contributed by atoms with Crippen molar-refractivity contribution in [3.05, 3.63) is 66.7 Å². The van der Waals surface area contributed by atoms with Crippen LogP contribution in [0.25, 0.3) is 33.1 Å². The number of piperazine rings is 1. The van der Waals surface area contributed by atoms with E-state index in [0.29, 0.717) is 11.3 Å². The third kappa shape index (κ3) is 3.75. The van der Waals surface area contributed by atoms with Crippen molar-refractivity contribution in [3.63, 3.8) is 0 Å². The van der Waals surface area contributed by atoms with E-state index in [0.717, 1.165) is 65.1 Å². The lowest BCUT2D eigenvalue weighted by atomic mass is 10.0. The van der Waals surface area contributed by atoms with Gasteiger partial charge in [-0.05, 0) is 35.9 Å². The van der Waals surface area contributed by atoms with Crippen LogP contribution in [0.1, 0.15) is 10.4 Å². The van der Waals surface area contributed by atoms with Gasteiger partial charge in [-0.2, -0.15) is 5.10 Å². The molecule has 0 aliphatic carbocycles. The molecular weight excluding hydrogens is 428 g/mol. The van der Waals surface area contributed by atoms with Crippen LogP contribution in [0.3, 0.4) is 0 Å². The fourth-order valence-electron chi connectivity index (χ4n) is 4.46. The Morgan fingerprint density at radius 2 is 1.97 bits per heavy atom. The molecule has 9 nitrogen and oxygen atoms in total. The number of anilines is 2. The molecule has 1 fully saturated rings. The van der Waals surface area contributed by atoms with E-state index < -0.39 is 0 Å². The Bertz CT molecular complexity index is 1510. The topological polar surface area (TPSA) is 104 Å². The molecule has 1 aliphatic rings. The zero-order valence-corrected chi connectivity index (χ0v) is 18.7. The van der Waals surface area contributed by atoms with Crippen LogP contribution in [0, 0.1) is 0 Å². The average molecular weight is 453 g/mol. The molecule has 5 heterocycles. The normalized spacial score (nSPS) is 14.1. The van der Waals surface area contributed by atoms with Crippen LogP contribution >= 0.6 is 0 Å². The minimum absolute atomic E-state index is 0.186. The molecule has 5 aromatic rings. The van der Waals surface area contributed by atoms with E-state index in [1.165, 1.54) is 0 Å². The molecule has 0 atom stereocenters. The van der Waals surface area contributed by atoms with Gasteiger partial charge >= 0.3 is 0 Å². The zero-order chi connectivity index (χ0) is 23.1. The Labute approximate surface area is 195 Å². The van der Waals surface area contributed by atoms with E-state index >= 15 is 0 Å². The van der Waals surface area contributed by atoms with Crippen molar-refractivity contribution >= 4 is 39.3 Å². The Hall–Kier alpha value is -4.24. The van der Waals surface area contributed by atoms with Crippen LogP contribution in [0.2, 0.25) is 0 Å². The molecule has 0 unspecified atom stereocenters. The maximum absolute atomic E-state index is 13.0. The molecule has 0 spiro atoms. The van der Waals surface area contributed by atoms with Crippen LogP contribution in [-0.4, -0.2) is 56.8 Å². The number of nitrogens with zero attached hydrogens (tertiary/aromatic N) is 5. The highest BCUT2D eigenvalue weighted by Crippen LogP contribution is 2.31. The number of hydrogen-bond donors (Lipinski definition) is 3. The Kier molecular flexibility index (Phi) is 4.96. The van der Waals surface area contributed by atoms with Gasteiger partial charge in [0.25, 0.3) is 5.91 Å². The molecule has 1 saturated heterocycles. The summed E-state index contributed by atoms with van der Waals surface area (Å²) in [4.78, 5) is 27.4. The van der Waals surface area contributed by atoms with Crippen LogP contribution in [0.4, 0.5) is 11.5 Å². The monoisotopic (exact) mass is 452 g/mol. The molecule has 4 aromatic heterocycles. The molecule has 9 heteroatoms.